The first-order valence-corrected chi connectivity index (χ1v) is 12.8. The van der Waals surface area contributed by atoms with Crippen LogP contribution in [-0.4, -0.2) is 47.8 Å². The summed E-state index contributed by atoms with van der Waals surface area (Å²) in [6.45, 7) is 2.88. The highest BCUT2D eigenvalue weighted by Crippen LogP contribution is 2.42. The summed E-state index contributed by atoms with van der Waals surface area (Å²) in [6, 6.07) is 8.50. The van der Waals surface area contributed by atoms with Crippen molar-refractivity contribution in [3.63, 3.8) is 0 Å². The second kappa shape index (κ2) is 10.2. The van der Waals surface area contributed by atoms with Crippen molar-refractivity contribution in [3.05, 3.63) is 52.0 Å². The molecule has 3 rings (SSSR count). The van der Waals surface area contributed by atoms with Gasteiger partial charge in [-0.05, 0) is 50.2 Å². The molecule has 1 heterocycles. The Balaban J connectivity index is 2.12. The Morgan fingerprint density at radius 2 is 1.81 bits per heavy atom. The number of hydrogen-bond donors (Lipinski definition) is 4. The molecule has 37 heavy (non-hydrogen) atoms. The molecule has 2 atom stereocenters. The summed E-state index contributed by atoms with van der Waals surface area (Å²) in [7, 11) is -4.97. The third kappa shape index (κ3) is 5.48. The zero-order chi connectivity index (χ0) is 27.9. The monoisotopic (exact) mass is 568 g/mol. The molecule has 2 aromatic rings. The van der Waals surface area contributed by atoms with Crippen molar-refractivity contribution in [1.82, 2.24) is 0 Å². The quantitative estimate of drug-likeness (QED) is 0.359. The van der Waals surface area contributed by atoms with Crippen LogP contribution in [0, 0.1) is 11.3 Å². The van der Waals surface area contributed by atoms with Gasteiger partial charge in [-0.1, -0.05) is 23.2 Å². The highest BCUT2D eigenvalue weighted by molar-refractivity contribution is 7.86. The van der Waals surface area contributed by atoms with Crippen molar-refractivity contribution in [2.45, 2.75) is 37.3 Å². The number of nitrogens with zero attached hydrogens (tertiary/aromatic N) is 3. The first-order chi connectivity index (χ1) is 17.1. The predicted molar refractivity (Wildman–Crippen MR) is 137 cm³/mol. The van der Waals surface area contributed by atoms with Crippen LogP contribution in [0.2, 0.25) is 10.0 Å². The van der Waals surface area contributed by atoms with Gasteiger partial charge in [-0.25, -0.2) is 0 Å². The van der Waals surface area contributed by atoms with E-state index in [0.717, 1.165) is 9.80 Å². The van der Waals surface area contributed by atoms with Gasteiger partial charge in [0.1, 0.15) is 11.6 Å². The van der Waals surface area contributed by atoms with Crippen LogP contribution < -0.4 is 26.6 Å². The Hall–Kier alpha value is -3.41. The fourth-order valence-corrected chi connectivity index (χ4v) is 5.41. The summed E-state index contributed by atoms with van der Waals surface area (Å²) in [5, 5.41) is 11.6. The van der Waals surface area contributed by atoms with E-state index in [4.69, 9.17) is 39.9 Å². The number of halogens is 2. The summed E-state index contributed by atoms with van der Waals surface area (Å²) in [5.41, 5.74) is 7.47. The molecule has 196 valence electrons. The molecule has 1 aliphatic rings. The van der Waals surface area contributed by atoms with Gasteiger partial charge in [-0.15, -0.1) is 0 Å². The summed E-state index contributed by atoms with van der Waals surface area (Å²) in [5.74, 6) is -2.28. The maximum absolute atomic E-state index is 13.5. The number of carbonyl (C=O) groups is 3. The molecule has 12 nitrogen and oxygen atoms in total. The Labute approximate surface area is 222 Å². The van der Waals surface area contributed by atoms with Crippen LogP contribution in [0.15, 0.2) is 36.4 Å². The van der Waals surface area contributed by atoms with Crippen LogP contribution in [0.3, 0.4) is 0 Å². The molecular formula is C22H22Cl2N6O6S. The average molecular weight is 569 g/mol. The van der Waals surface area contributed by atoms with Gasteiger partial charge < -0.3 is 21.7 Å². The first-order valence-electron chi connectivity index (χ1n) is 10.5. The molecular weight excluding hydrogens is 547 g/mol. The normalized spacial score (nSPS) is 17.9. The molecule has 2 unspecified atom stereocenters. The van der Waals surface area contributed by atoms with E-state index in [1.807, 2.05) is 6.07 Å². The lowest BCUT2D eigenvalue weighted by molar-refractivity contribution is -0.123. The lowest BCUT2D eigenvalue weighted by atomic mass is 10.0. The molecule has 0 aromatic heterocycles. The number of hydrogen-bond acceptors (Lipinski definition) is 8. The van der Waals surface area contributed by atoms with E-state index in [9.17, 15) is 27.4 Å². The largest absolute Gasteiger partial charge is 0.370 e. The summed E-state index contributed by atoms with van der Waals surface area (Å²) < 4.78 is 35.5. The van der Waals surface area contributed by atoms with Crippen molar-refractivity contribution >= 4 is 68.1 Å². The van der Waals surface area contributed by atoms with Crippen LogP contribution in [0.4, 0.5) is 17.1 Å². The van der Waals surface area contributed by atoms with Gasteiger partial charge in [-0.3, -0.25) is 23.8 Å². The summed E-state index contributed by atoms with van der Waals surface area (Å²) >= 11 is 12.3. The molecule has 2 aromatic carbocycles. The number of nitriles is 1. The van der Waals surface area contributed by atoms with Gasteiger partial charge >= 0.3 is 10.1 Å². The van der Waals surface area contributed by atoms with Crippen molar-refractivity contribution in [2.24, 2.45) is 11.5 Å². The van der Waals surface area contributed by atoms with Gasteiger partial charge in [0.25, 0.3) is 5.91 Å². The fraction of sp³-hybridized carbons (Fsp3) is 0.273. The zero-order valence-electron chi connectivity index (χ0n) is 19.5. The van der Waals surface area contributed by atoms with Gasteiger partial charge in [0, 0.05) is 11.4 Å². The van der Waals surface area contributed by atoms with E-state index in [-0.39, 0.29) is 32.7 Å². The van der Waals surface area contributed by atoms with Gasteiger partial charge in [-0.2, -0.15) is 13.7 Å². The van der Waals surface area contributed by atoms with E-state index in [1.165, 1.54) is 50.2 Å². The second-order valence-corrected chi connectivity index (χ2v) is 10.9. The lowest BCUT2D eigenvalue weighted by Gasteiger charge is -2.34. The molecule has 6 N–H and O–H groups in total. The Morgan fingerprint density at radius 3 is 2.35 bits per heavy atom. The average Bonchev–Trinajstić information content (AvgIpc) is 3.00. The standard InChI is InChI=1S/C22H22Cl2N6O6S/c1-22(2)20(33)29(12-4-3-11(10-25)15(24)7-12)21(37(34,35)36)30(22)13-5-6-14(23)17(8-13)28-19(32)16(26)9-18(27)31/h3-8,16,21H,9,26H2,1-2H3,(H2,27,31)(H,28,32)(H,34,35,36). The number of nitrogens with two attached hydrogens (primary N) is 2. The highest BCUT2D eigenvalue weighted by Gasteiger charge is 2.57. The highest BCUT2D eigenvalue weighted by atomic mass is 35.5. The second-order valence-electron chi connectivity index (χ2n) is 8.65. The molecule has 0 bridgehead atoms. The topological polar surface area (TPSA) is 200 Å². The third-order valence-corrected chi connectivity index (χ3v) is 7.24. The third-order valence-electron chi connectivity index (χ3n) is 5.65. The van der Waals surface area contributed by atoms with Crippen LogP contribution in [0.25, 0.3) is 0 Å². The Kier molecular flexibility index (Phi) is 7.73. The van der Waals surface area contributed by atoms with Crippen LogP contribution >= 0.6 is 23.2 Å². The molecule has 1 saturated heterocycles. The maximum atomic E-state index is 13.5. The van der Waals surface area contributed by atoms with E-state index < -0.39 is 51.3 Å². The summed E-state index contributed by atoms with van der Waals surface area (Å²) in [4.78, 5) is 39.0. The number of primary amides is 1. The minimum Gasteiger partial charge on any atom is -0.370 e. The minimum atomic E-state index is -4.97. The van der Waals surface area contributed by atoms with Gasteiger partial charge in [0.15, 0.2) is 0 Å². The van der Waals surface area contributed by atoms with E-state index in [0.29, 0.717) is 0 Å². The zero-order valence-corrected chi connectivity index (χ0v) is 21.8. The molecule has 0 spiro atoms. The molecule has 3 amide bonds. The molecule has 0 saturated carbocycles. The molecule has 15 heteroatoms. The van der Waals surface area contributed by atoms with Crippen LogP contribution in [0.1, 0.15) is 25.8 Å². The first kappa shape index (κ1) is 28.2. The van der Waals surface area contributed by atoms with Gasteiger partial charge in [0.05, 0.1) is 33.8 Å². The molecule has 0 aliphatic carbocycles. The van der Waals surface area contributed by atoms with E-state index in [1.54, 1.807) is 0 Å². The lowest BCUT2D eigenvalue weighted by Crippen LogP contribution is -2.49. The SMILES string of the molecule is CC1(C)C(=O)N(c2ccc(C#N)c(Cl)c2)C(S(=O)(=O)O)N1c1ccc(Cl)c(NC(=O)C(N)CC(N)=O)c1. The predicted octanol–water partition coefficient (Wildman–Crippen LogP) is 1.81. The number of carbonyl (C=O) groups excluding carboxylic acids is 3. The molecule has 1 aliphatic heterocycles. The van der Waals surface area contributed by atoms with Crippen molar-refractivity contribution in [1.29, 1.82) is 5.26 Å². The van der Waals surface area contributed by atoms with Crippen molar-refractivity contribution in [2.75, 3.05) is 15.1 Å². The van der Waals surface area contributed by atoms with Crippen LogP contribution in [-0.2, 0) is 24.5 Å². The van der Waals surface area contributed by atoms with Crippen LogP contribution in [0.5, 0.6) is 0 Å². The smallest absolute Gasteiger partial charge is 0.306 e. The maximum Gasteiger partial charge on any atom is 0.306 e. The molecule has 1 fully saturated rings. The number of anilines is 3. The minimum absolute atomic E-state index is 0.00120. The van der Waals surface area contributed by atoms with Crippen molar-refractivity contribution in [3.8, 4) is 6.07 Å². The fourth-order valence-electron chi connectivity index (χ4n) is 3.89. The Bertz CT molecular complexity index is 1440. The van der Waals surface area contributed by atoms with E-state index in [2.05, 4.69) is 5.32 Å². The van der Waals surface area contributed by atoms with E-state index >= 15 is 0 Å². The van der Waals surface area contributed by atoms with Gasteiger partial charge in [0.2, 0.25) is 17.3 Å². The summed E-state index contributed by atoms with van der Waals surface area (Å²) in [6.07, 6.45) is -0.427. The number of rotatable bonds is 7. The number of nitrogens with one attached hydrogen (secondary N) is 1. The molecule has 0 radical (unpaired) electrons. The Morgan fingerprint density at radius 1 is 1.19 bits per heavy atom. The van der Waals surface area contributed by atoms with Crippen molar-refractivity contribution < 1.29 is 27.4 Å². The number of benzene rings is 2. The number of amides is 3.